The van der Waals surface area contributed by atoms with Gasteiger partial charge in [-0.3, -0.25) is 5.10 Å². The number of hydrogen-bond acceptors (Lipinski definition) is 5. The van der Waals surface area contributed by atoms with Gasteiger partial charge < -0.3 is 15.1 Å². The second-order valence-corrected chi connectivity index (χ2v) is 5.95. The number of H-pyrrole nitrogens is 1. The van der Waals surface area contributed by atoms with Gasteiger partial charge in [-0.1, -0.05) is 0 Å². The molecule has 2 heterocycles. The summed E-state index contributed by atoms with van der Waals surface area (Å²) < 4.78 is 5.37. The average molecular weight is 340 g/mol. The molecule has 25 heavy (non-hydrogen) atoms. The summed E-state index contributed by atoms with van der Waals surface area (Å²) >= 11 is 0. The number of nitrogens with one attached hydrogen (secondary N) is 3. The molecule has 130 valence electrons. The predicted octanol–water partition coefficient (Wildman–Crippen LogP) is 2.83. The van der Waals surface area contributed by atoms with Crippen LogP contribution in [0.5, 0.6) is 0 Å². The summed E-state index contributed by atoms with van der Waals surface area (Å²) in [5.41, 5.74) is 3.40. The molecule has 8 nitrogen and oxygen atoms in total. The monoisotopic (exact) mass is 340 g/mol. The van der Waals surface area contributed by atoms with Crippen LogP contribution in [0, 0.1) is 13.8 Å². The summed E-state index contributed by atoms with van der Waals surface area (Å²) in [6, 6.07) is 8.88. The van der Waals surface area contributed by atoms with Crippen LogP contribution in [0.3, 0.4) is 0 Å². The number of aromatic amines is 1. The molecule has 1 aromatic carbocycles. The van der Waals surface area contributed by atoms with Crippen LogP contribution in [-0.4, -0.2) is 32.5 Å². The Morgan fingerprint density at radius 2 is 2.00 bits per heavy atom. The maximum atomic E-state index is 12.1. The molecule has 0 saturated heterocycles. The largest absolute Gasteiger partial charge is 0.421 e. The van der Waals surface area contributed by atoms with Crippen molar-refractivity contribution in [3.8, 4) is 11.5 Å². The first kappa shape index (κ1) is 16.7. The number of aryl methyl sites for hydroxylation is 2. The fraction of sp³-hybridized carbons (Fsp3) is 0.294. The highest BCUT2D eigenvalue weighted by Crippen LogP contribution is 2.20. The summed E-state index contributed by atoms with van der Waals surface area (Å²) in [6.45, 7) is 5.62. The van der Waals surface area contributed by atoms with E-state index in [0.717, 1.165) is 17.0 Å². The van der Waals surface area contributed by atoms with E-state index in [2.05, 4.69) is 31.0 Å². The van der Waals surface area contributed by atoms with Crippen molar-refractivity contribution in [2.45, 2.75) is 33.2 Å². The average Bonchev–Trinajstić information content (AvgIpc) is 3.16. The van der Waals surface area contributed by atoms with Crippen molar-refractivity contribution in [2.24, 2.45) is 0 Å². The Balaban J connectivity index is 1.53. The topological polar surface area (TPSA) is 109 Å². The molecule has 0 aliphatic rings. The summed E-state index contributed by atoms with van der Waals surface area (Å²) in [6.07, 6.45) is 0.660. The maximum absolute atomic E-state index is 12.1. The Hall–Kier alpha value is -3.16. The molecule has 0 bridgehead atoms. The molecule has 0 saturated carbocycles. The van der Waals surface area contributed by atoms with Gasteiger partial charge in [-0.05, 0) is 44.2 Å². The second-order valence-electron chi connectivity index (χ2n) is 5.95. The summed E-state index contributed by atoms with van der Waals surface area (Å²) in [7, 11) is 0. The first-order valence-electron chi connectivity index (χ1n) is 7.98. The van der Waals surface area contributed by atoms with Gasteiger partial charge in [-0.15, -0.1) is 10.2 Å². The van der Waals surface area contributed by atoms with Crippen LogP contribution in [0.1, 0.15) is 24.2 Å². The molecule has 0 spiro atoms. The van der Waals surface area contributed by atoms with E-state index < -0.39 is 0 Å². The summed E-state index contributed by atoms with van der Waals surface area (Å²) in [4.78, 5) is 12.1. The molecule has 3 aromatic rings. The zero-order valence-electron chi connectivity index (χ0n) is 14.3. The Morgan fingerprint density at radius 1 is 1.24 bits per heavy atom. The maximum Gasteiger partial charge on any atom is 0.319 e. The zero-order chi connectivity index (χ0) is 17.8. The second kappa shape index (κ2) is 7.16. The molecule has 1 atom stereocenters. The first-order chi connectivity index (χ1) is 12.0. The molecule has 8 heteroatoms. The zero-order valence-corrected chi connectivity index (χ0v) is 14.3. The van der Waals surface area contributed by atoms with Crippen molar-refractivity contribution < 1.29 is 9.21 Å². The van der Waals surface area contributed by atoms with Gasteiger partial charge in [0.05, 0.1) is 5.69 Å². The standard InChI is InChI=1S/C17H20N6O2/c1-10(8-15-9-11(2)20-22-15)18-17(24)19-14-6-4-13(5-7-14)16-23-21-12(3)25-16/h4-7,9-10H,8H2,1-3H3,(H,20,22)(H2,18,19,24)/t10-/m1/s1. The third-order valence-electron chi connectivity index (χ3n) is 3.57. The number of rotatable bonds is 5. The minimum atomic E-state index is -0.263. The number of nitrogens with zero attached hydrogens (tertiary/aromatic N) is 3. The van der Waals surface area contributed by atoms with Crippen molar-refractivity contribution in [3.63, 3.8) is 0 Å². The van der Waals surface area contributed by atoms with Gasteiger partial charge >= 0.3 is 6.03 Å². The Morgan fingerprint density at radius 3 is 2.60 bits per heavy atom. The lowest BCUT2D eigenvalue weighted by atomic mass is 10.2. The highest BCUT2D eigenvalue weighted by atomic mass is 16.4. The first-order valence-corrected chi connectivity index (χ1v) is 7.98. The molecule has 0 radical (unpaired) electrons. The number of hydrogen-bond donors (Lipinski definition) is 3. The Kier molecular flexibility index (Phi) is 4.78. The quantitative estimate of drug-likeness (QED) is 0.662. The van der Waals surface area contributed by atoms with E-state index in [4.69, 9.17) is 4.42 Å². The van der Waals surface area contributed by atoms with Gasteiger partial charge in [0.25, 0.3) is 0 Å². The van der Waals surface area contributed by atoms with Gasteiger partial charge in [-0.25, -0.2) is 4.79 Å². The minimum absolute atomic E-state index is 0.0386. The summed E-state index contributed by atoms with van der Waals surface area (Å²) in [5.74, 6) is 0.967. The molecule has 3 rings (SSSR count). The van der Waals surface area contributed by atoms with Crippen molar-refractivity contribution in [1.82, 2.24) is 25.7 Å². The van der Waals surface area contributed by atoms with Gasteiger partial charge in [0, 0.05) is 36.3 Å². The van der Waals surface area contributed by atoms with E-state index in [1.807, 2.05) is 32.0 Å². The van der Waals surface area contributed by atoms with Crippen LogP contribution in [0.15, 0.2) is 34.7 Å². The van der Waals surface area contributed by atoms with Crippen LogP contribution < -0.4 is 10.6 Å². The molecule has 0 fully saturated rings. The fourth-order valence-electron chi connectivity index (χ4n) is 2.44. The van der Waals surface area contributed by atoms with Crippen LogP contribution in [0.4, 0.5) is 10.5 Å². The highest BCUT2D eigenvalue weighted by molar-refractivity contribution is 5.89. The number of amides is 2. The number of aromatic nitrogens is 4. The Labute approximate surface area is 145 Å². The molecule has 2 amide bonds. The SMILES string of the molecule is Cc1cc(C[C@@H](C)NC(=O)Nc2ccc(-c3nnc(C)o3)cc2)n[nH]1. The highest BCUT2D eigenvalue weighted by Gasteiger charge is 2.11. The lowest BCUT2D eigenvalue weighted by molar-refractivity contribution is 0.249. The number of carbonyl (C=O) groups is 1. The number of benzene rings is 1. The summed E-state index contributed by atoms with van der Waals surface area (Å²) in [5, 5.41) is 20.5. The van der Waals surface area contributed by atoms with Gasteiger partial charge in [-0.2, -0.15) is 5.10 Å². The van der Waals surface area contributed by atoms with Gasteiger partial charge in [0.1, 0.15) is 0 Å². The van der Waals surface area contributed by atoms with Crippen LogP contribution in [0.25, 0.3) is 11.5 Å². The third-order valence-corrected chi connectivity index (χ3v) is 3.57. The van der Waals surface area contributed by atoms with Gasteiger partial charge in [0.2, 0.25) is 11.8 Å². The van der Waals surface area contributed by atoms with E-state index in [9.17, 15) is 4.79 Å². The van der Waals surface area contributed by atoms with Crippen LogP contribution >= 0.6 is 0 Å². The van der Waals surface area contributed by atoms with E-state index in [0.29, 0.717) is 23.9 Å². The minimum Gasteiger partial charge on any atom is -0.421 e. The number of carbonyl (C=O) groups excluding carboxylic acids is 1. The molecule has 2 aromatic heterocycles. The molecular formula is C17H20N6O2. The van der Waals surface area contributed by atoms with Crippen molar-refractivity contribution >= 4 is 11.7 Å². The lowest BCUT2D eigenvalue weighted by Crippen LogP contribution is -2.37. The van der Waals surface area contributed by atoms with Crippen molar-refractivity contribution in [2.75, 3.05) is 5.32 Å². The lowest BCUT2D eigenvalue weighted by Gasteiger charge is -2.13. The molecule has 0 aliphatic carbocycles. The molecule has 0 unspecified atom stereocenters. The number of urea groups is 1. The van der Waals surface area contributed by atoms with E-state index in [-0.39, 0.29) is 12.1 Å². The fourth-order valence-corrected chi connectivity index (χ4v) is 2.44. The normalized spacial score (nSPS) is 12.0. The smallest absolute Gasteiger partial charge is 0.319 e. The number of anilines is 1. The van der Waals surface area contributed by atoms with Crippen molar-refractivity contribution in [1.29, 1.82) is 0 Å². The molecular weight excluding hydrogens is 320 g/mol. The van der Waals surface area contributed by atoms with E-state index in [1.165, 1.54) is 0 Å². The van der Waals surface area contributed by atoms with E-state index >= 15 is 0 Å². The Bertz CT molecular complexity index is 852. The van der Waals surface area contributed by atoms with Gasteiger partial charge in [0.15, 0.2) is 0 Å². The molecule has 0 aliphatic heterocycles. The van der Waals surface area contributed by atoms with Crippen molar-refractivity contribution in [3.05, 3.63) is 47.6 Å². The van der Waals surface area contributed by atoms with E-state index in [1.54, 1.807) is 19.1 Å². The third kappa shape index (κ3) is 4.43. The molecule has 3 N–H and O–H groups in total. The van der Waals surface area contributed by atoms with Crippen LogP contribution in [0.2, 0.25) is 0 Å². The predicted molar refractivity (Wildman–Crippen MR) is 93.1 cm³/mol. The van der Waals surface area contributed by atoms with Crippen LogP contribution in [-0.2, 0) is 6.42 Å².